The fraction of sp³-hybridized carbons (Fsp3) is 0.400. The molecular weight excluding hydrogens is 271 g/mol. The van der Waals surface area contributed by atoms with Gasteiger partial charge in [0.05, 0.1) is 4.90 Å². The Morgan fingerprint density at radius 3 is 2.50 bits per heavy atom. The Bertz CT molecular complexity index is 519. The largest absolute Gasteiger partial charge is 0.386 e. The van der Waals surface area contributed by atoms with Crippen LogP contribution >= 0.6 is 0 Å². The SMILES string of the molecule is Cc1cc(F)ccc1S(=O)(=O)NCC(O)C(F)F. The summed E-state index contributed by atoms with van der Waals surface area (Å²) in [5.74, 6) is -0.598. The number of nitrogens with one attached hydrogen (secondary N) is 1. The summed E-state index contributed by atoms with van der Waals surface area (Å²) in [6, 6.07) is 2.99. The number of halogens is 3. The van der Waals surface area contributed by atoms with Crippen LogP contribution in [0.1, 0.15) is 5.56 Å². The molecule has 0 saturated heterocycles. The van der Waals surface area contributed by atoms with E-state index in [2.05, 4.69) is 0 Å². The Morgan fingerprint density at radius 1 is 1.39 bits per heavy atom. The van der Waals surface area contributed by atoms with E-state index in [1.807, 2.05) is 4.72 Å². The monoisotopic (exact) mass is 283 g/mol. The Kier molecular flexibility index (Phi) is 4.71. The first-order chi connectivity index (χ1) is 8.24. The number of aliphatic hydroxyl groups excluding tert-OH is 1. The van der Waals surface area contributed by atoms with Gasteiger partial charge in [0.15, 0.2) is 0 Å². The van der Waals surface area contributed by atoms with Crippen molar-refractivity contribution < 1.29 is 26.7 Å². The van der Waals surface area contributed by atoms with E-state index in [9.17, 15) is 21.6 Å². The van der Waals surface area contributed by atoms with Crippen molar-refractivity contribution in [2.75, 3.05) is 6.54 Å². The highest BCUT2D eigenvalue weighted by Crippen LogP contribution is 2.16. The second kappa shape index (κ2) is 5.68. The highest BCUT2D eigenvalue weighted by atomic mass is 32.2. The molecule has 0 amide bonds. The molecule has 18 heavy (non-hydrogen) atoms. The first-order valence-corrected chi connectivity index (χ1v) is 6.44. The van der Waals surface area contributed by atoms with E-state index in [-0.39, 0.29) is 10.5 Å². The topological polar surface area (TPSA) is 66.4 Å². The summed E-state index contributed by atoms with van der Waals surface area (Å²) in [5.41, 5.74) is 0.147. The molecule has 1 rings (SSSR count). The summed E-state index contributed by atoms with van der Waals surface area (Å²) in [5, 5.41) is 8.81. The number of hydrogen-bond acceptors (Lipinski definition) is 3. The molecule has 1 aromatic rings. The van der Waals surface area contributed by atoms with Gasteiger partial charge < -0.3 is 5.11 Å². The van der Waals surface area contributed by atoms with Crippen LogP contribution in [0.3, 0.4) is 0 Å². The standard InChI is InChI=1S/C10H12F3NO3S/c1-6-4-7(11)2-3-9(6)18(16,17)14-5-8(15)10(12)13/h2-4,8,10,14-15H,5H2,1H3. The van der Waals surface area contributed by atoms with E-state index >= 15 is 0 Å². The molecular formula is C10H12F3NO3S. The highest BCUT2D eigenvalue weighted by molar-refractivity contribution is 7.89. The molecule has 0 aromatic heterocycles. The van der Waals surface area contributed by atoms with Gasteiger partial charge in [0.25, 0.3) is 6.43 Å². The van der Waals surface area contributed by atoms with Crippen molar-refractivity contribution in [3.8, 4) is 0 Å². The molecule has 8 heteroatoms. The van der Waals surface area contributed by atoms with Crippen LogP contribution in [-0.2, 0) is 10.0 Å². The first-order valence-electron chi connectivity index (χ1n) is 4.96. The highest BCUT2D eigenvalue weighted by Gasteiger charge is 2.22. The van der Waals surface area contributed by atoms with E-state index in [1.54, 1.807) is 0 Å². The second-order valence-electron chi connectivity index (χ2n) is 3.66. The molecule has 0 radical (unpaired) electrons. The van der Waals surface area contributed by atoms with Gasteiger partial charge in [-0.1, -0.05) is 0 Å². The average Bonchev–Trinajstić information content (AvgIpc) is 2.25. The first kappa shape index (κ1) is 14.9. The summed E-state index contributed by atoms with van der Waals surface area (Å²) in [7, 11) is -4.05. The Hall–Kier alpha value is -1.12. The molecule has 0 bridgehead atoms. The van der Waals surface area contributed by atoms with Crippen molar-refractivity contribution in [1.29, 1.82) is 0 Å². The number of sulfonamides is 1. The molecule has 0 aliphatic carbocycles. The molecule has 0 spiro atoms. The van der Waals surface area contributed by atoms with Crippen LogP contribution in [0.25, 0.3) is 0 Å². The fourth-order valence-corrected chi connectivity index (χ4v) is 2.55. The van der Waals surface area contributed by atoms with Crippen molar-refractivity contribution >= 4 is 10.0 Å². The lowest BCUT2D eigenvalue weighted by molar-refractivity contribution is -0.000452. The quantitative estimate of drug-likeness (QED) is 0.848. The normalized spacial score (nSPS) is 13.9. The minimum Gasteiger partial charge on any atom is -0.386 e. The Morgan fingerprint density at radius 2 is 2.00 bits per heavy atom. The van der Waals surface area contributed by atoms with Gasteiger partial charge in [-0.15, -0.1) is 0 Å². The van der Waals surface area contributed by atoms with E-state index in [0.29, 0.717) is 0 Å². The maximum atomic E-state index is 12.8. The zero-order valence-corrected chi connectivity index (χ0v) is 10.2. The number of aryl methyl sites for hydroxylation is 1. The smallest absolute Gasteiger partial charge is 0.265 e. The fourth-order valence-electron chi connectivity index (χ4n) is 1.28. The number of alkyl halides is 2. The lowest BCUT2D eigenvalue weighted by Crippen LogP contribution is -2.36. The molecule has 0 fully saturated rings. The molecule has 0 aliphatic heterocycles. The molecule has 2 N–H and O–H groups in total. The van der Waals surface area contributed by atoms with Crippen molar-refractivity contribution in [2.24, 2.45) is 0 Å². The molecule has 1 atom stereocenters. The molecule has 1 aromatic carbocycles. The van der Waals surface area contributed by atoms with Crippen LogP contribution in [-0.4, -0.2) is 32.6 Å². The van der Waals surface area contributed by atoms with Gasteiger partial charge in [-0.2, -0.15) is 0 Å². The van der Waals surface area contributed by atoms with Crippen molar-refractivity contribution in [2.45, 2.75) is 24.3 Å². The van der Waals surface area contributed by atoms with Gasteiger partial charge in [0.2, 0.25) is 10.0 Å². The number of benzene rings is 1. The van der Waals surface area contributed by atoms with Gasteiger partial charge in [-0.25, -0.2) is 26.3 Å². The zero-order valence-electron chi connectivity index (χ0n) is 9.40. The van der Waals surface area contributed by atoms with Crippen LogP contribution in [0.4, 0.5) is 13.2 Å². The van der Waals surface area contributed by atoms with E-state index in [4.69, 9.17) is 5.11 Å². The lowest BCUT2D eigenvalue weighted by atomic mass is 10.2. The van der Waals surface area contributed by atoms with Gasteiger partial charge in [0.1, 0.15) is 11.9 Å². The van der Waals surface area contributed by atoms with Crippen LogP contribution in [0, 0.1) is 12.7 Å². The summed E-state index contributed by atoms with van der Waals surface area (Å²) in [6.07, 6.45) is -5.12. The number of aliphatic hydroxyl groups is 1. The Labute approximate surface area is 102 Å². The van der Waals surface area contributed by atoms with E-state index < -0.39 is 34.9 Å². The second-order valence-corrected chi connectivity index (χ2v) is 5.40. The third-order valence-corrected chi connectivity index (χ3v) is 3.78. The average molecular weight is 283 g/mol. The molecule has 0 saturated carbocycles. The van der Waals surface area contributed by atoms with Crippen LogP contribution in [0.5, 0.6) is 0 Å². The maximum Gasteiger partial charge on any atom is 0.265 e. The van der Waals surface area contributed by atoms with Gasteiger partial charge in [-0.3, -0.25) is 0 Å². The van der Waals surface area contributed by atoms with E-state index in [0.717, 1.165) is 18.2 Å². The Balaban J connectivity index is 2.87. The predicted molar refractivity (Wildman–Crippen MR) is 58.3 cm³/mol. The lowest BCUT2D eigenvalue weighted by Gasteiger charge is -2.12. The van der Waals surface area contributed by atoms with Gasteiger partial charge in [0, 0.05) is 6.54 Å². The minimum absolute atomic E-state index is 0.147. The third-order valence-electron chi connectivity index (χ3n) is 2.20. The van der Waals surface area contributed by atoms with Crippen LogP contribution in [0.2, 0.25) is 0 Å². The summed E-state index contributed by atoms with van der Waals surface area (Å²) >= 11 is 0. The maximum absolute atomic E-state index is 12.8. The molecule has 0 heterocycles. The molecule has 0 aliphatic rings. The molecule has 1 unspecified atom stereocenters. The minimum atomic E-state index is -4.05. The van der Waals surface area contributed by atoms with Gasteiger partial charge in [-0.05, 0) is 30.7 Å². The van der Waals surface area contributed by atoms with Crippen LogP contribution in [0.15, 0.2) is 23.1 Å². The van der Waals surface area contributed by atoms with Crippen molar-refractivity contribution in [3.05, 3.63) is 29.6 Å². The van der Waals surface area contributed by atoms with Crippen LogP contribution < -0.4 is 4.72 Å². The number of hydrogen-bond donors (Lipinski definition) is 2. The molecule has 102 valence electrons. The van der Waals surface area contributed by atoms with Crippen molar-refractivity contribution in [3.63, 3.8) is 0 Å². The third kappa shape index (κ3) is 3.69. The van der Waals surface area contributed by atoms with Gasteiger partial charge >= 0.3 is 0 Å². The van der Waals surface area contributed by atoms with Crippen molar-refractivity contribution in [1.82, 2.24) is 4.72 Å². The zero-order chi connectivity index (χ0) is 13.9. The number of rotatable bonds is 5. The molecule has 4 nitrogen and oxygen atoms in total. The van der Waals surface area contributed by atoms with E-state index in [1.165, 1.54) is 6.92 Å². The summed E-state index contributed by atoms with van der Waals surface area (Å²) in [4.78, 5) is -0.217. The summed E-state index contributed by atoms with van der Waals surface area (Å²) < 4.78 is 62.0. The summed E-state index contributed by atoms with van der Waals surface area (Å²) in [6.45, 7) is 0.567. The predicted octanol–water partition coefficient (Wildman–Crippen LogP) is 1.04.